The molecule has 105 heavy (non-hydrogen) atoms. The number of rotatable bonds is 84. The summed E-state index contributed by atoms with van der Waals surface area (Å²) in [7, 11) is -9.93. The van der Waals surface area contributed by atoms with Crippen LogP contribution in [0.25, 0.3) is 0 Å². The standard InChI is InChI=1S/C86H168O17P2/c1-8-11-12-13-14-15-16-17-18-19-20-28-33-40-48-55-62-69-85(90)103-82(74-97-84(89)68-61-54-47-42-35-36-43-50-57-64-77(4)5)76-101-105(94,95)99-72-80(87)71-98-104(92,93)100-75-81(102-86(91)70-63-56-49-41-34-29-24-22-26-31-38-45-52-59-66-79(7)10-3)73-96-83(88)67-60-53-46-39-32-27-23-21-25-30-37-44-51-58-65-78(6)9-2/h77-82,87H,8-76H2,1-7H3,(H,92,93)(H,94,95)/t78?,79?,80-,81-,82-/m1/s1. The quantitative estimate of drug-likeness (QED) is 0.0222. The van der Waals surface area contributed by atoms with Crippen LogP contribution < -0.4 is 0 Å². The number of unbranched alkanes of at least 4 members (excludes halogenated alkanes) is 50. The van der Waals surface area contributed by atoms with Gasteiger partial charge in [0.2, 0.25) is 0 Å². The highest BCUT2D eigenvalue weighted by atomic mass is 31.2. The van der Waals surface area contributed by atoms with E-state index in [0.717, 1.165) is 108 Å². The molecule has 0 aromatic heterocycles. The summed E-state index contributed by atoms with van der Waals surface area (Å²) in [5.41, 5.74) is 0. The molecule has 0 aliphatic heterocycles. The molecular weight excluding hydrogens is 1370 g/mol. The normalized spacial score (nSPS) is 14.4. The van der Waals surface area contributed by atoms with Crippen LogP contribution in [0.1, 0.15) is 453 Å². The Morgan fingerprint density at radius 3 is 0.724 bits per heavy atom. The summed E-state index contributed by atoms with van der Waals surface area (Å²) >= 11 is 0. The Bertz CT molecular complexity index is 2030. The molecule has 17 nitrogen and oxygen atoms in total. The molecule has 0 heterocycles. The van der Waals surface area contributed by atoms with Gasteiger partial charge in [-0.15, -0.1) is 0 Å². The average Bonchev–Trinajstić information content (AvgIpc) is 0.905. The van der Waals surface area contributed by atoms with E-state index in [9.17, 15) is 43.2 Å². The Morgan fingerprint density at radius 2 is 0.486 bits per heavy atom. The molecule has 0 aromatic carbocycles. The van der Waals surface area contributed by atoms with Crippen molar-refractivity contribution < 1.29 is 80.2 Å². The van der Waals surface area contributed by atoms with Crippen LogP contribution in [0.5, 0.6) is 0 Å². The van der Waals surface area contributed by atoms with Gasteiger partial charge in [0.25, 0.3) is 0 Å². The highest BCUT2D eigenvalue weighted by Gasteiger charge is 2.30. The molecule has 624 valence electrons. The Balaban J connectivity index is 5.27. The van der Waals surface area contributed by atoms with Gasteiger partial charge in [-0.2, -0.15) is 0 Å². The molecule has 4 unspecified atom stereocenters. The summed E-state index contributed by atoms with van der Waals surface area (Å²) in [4.78, 5) is 73.3. The molecule has 0 rings (SSSR count). The molecule has 0 amide bonds. The predicted octanol–water partition coefficient (Wildman–Crippen LogP) is 26.1. The maximum absolute atomic E-state index is 13.1. The van der Waals surface area contributed by atoms with Crippen LogP contribution in [0.2, 0.25) is 0 Å². The maximum Gasteiger partial charge on any atom is 0.472 e. The minimum atomic E-state index is -4.97. The SMILES string of the molecule is CCCCCCCCCCCCCCCCCCCC(=O)O[C@H](COC(=O)CCCCCCCCCCCC(C)C)COP(=O)(O)OC[C@H](O)COP(=O)(O)OC[C@@H](COC(=O)CCCCCCCCCCCCCCCCC(C)CC)OC(=O)CCCCCCCCCCCCCCCCC(C)CC. The van der Waals surface area contributed by atoms with Crippen LogP contribution in [0.15, 0.2) is 0 Å². The topological polar surface area (TPSA) is 237 Å². The minimum Gasteiger partial charge on any atom is -0.462 e. The number of carbonyl (C=O) groups excluding carboxylic acids is 4. The summed E-state index contributed by atoms with van der Waals surface area (Å²) in [6.45, 7) is 12.1. The molecule has 0 aliphatic rings. The number of esters is 4. The Morgan fingerprint density at radius 1 is 0.276 bits per heavy atom. The summed E-state index contributed by atoms with van der Waals surface area (Å²) in [5, 5.41) is 10.7. The third-order valence-electron chi connectivity index (χ3n) is 20.9. The van der Waals surface area contributed by atoms with Crippen molar-refractivity contribution in [3.63, 3.8) is 0 Å². The van der Waals surface area contributed by atoms with Crippen LogP contribution in [0.4, 0.5) is 0 Å². The van der Waals surface area contributed by atoms with Gasteiger partial charge in [-0.3, -0.25) is 37.3 Å². The lowest BCUT2D eigenvalue weighted by Crippen LogP contribution is -2.30. The number of hydrogen-bond acceptors (Lipinski definition) is 15. The molecule has 0 spiro atoms. The smallest absolute Gasteiger partial charge is 0.462 e. The molecule has 0 bridgehead atoms. The Hall–Kier alpha value is -1.94. The second kappa shape index (κ2) is 76.1. The van der Waals surface area contributed by atoms with Gasteiger partial charge in [-0.1, -0.05) is 402 Å². The number of hydrogen-bond donors (Lipinski definition) is 3. The second-order valence-electron chi connectivity index (χ2n) is 31.9. The number of phosphoric acid groups is 2. The van der Waals surface area contributed by atoms with Crippen LogP contribution >= 0.6 is 15.6 Å². The predicted molar refractivity (Wildman–Crippen MR) is 432 cm³/mol. The fourth-order valence-electron chi connectivity index (χ4n) is 13.3. The van der Waals surface area contributed by atoms with Crippen LogP contribution in [-0.2, 0) is 65.4 Å². The van der Waals surface area contributed by atoms with Crippen molar-refractivity contribution in [2.24, 2.45) is 17.8 Å². The van der Waals surface area contributed by atoms with Crippen LogP contribution in [0.3, 0.4) is 0 Å². The van der Waals surface area contributed by atoms with Crippen molar-refractivity contribution in [1.82, 2.24) is 0 Å². The number of aliphatic hydroxyl groups excluding tert-OH is 1. The van der Waals surface area contributed by atoms with E-state index >= 15 is 0 Å². The van der Waals surface area contributed by atoms with Gasteiger partial charge in [0.15, 0.2) is 12.2 Å². The van der Waals surface area contributed by atoms with Crippen molar-refractivity contribution in [3.05, 3.63) is 0 Å². The second-order valence-corrected chi connectivity index (χ2v) is 34.8. The lowest BCUT2D eigenvalue weighted by atomic mass is 9.99. The number of phosphoric ester groups is 2. The van der Waals surface area contributed by atoms with Gasteiger partial charge >= 0.3 is 39.5 Å². The Labute approximate surface area is 645 Å². The van der Waals surface area contributed by atoms with E-state index in [0.29, 0.717) is 25.7 Å². The molecular formula is C86H168O17P2. The van der Waals surface area contributed by atoms with Crippen LogP contribution in [0, 0.1) is 17.8 Å². The first-order valence-corrected chi connectivity index (χ1v) is 47.4. The summed E-state index contributed by atoms with van der Waals surface area (Å²) in [6.07, 6.45) is 66.4. The number of ether oxygens (including phenoxy) is 4. The zero-order valence-electron chi connectivity index (χ0n) is 69.2. The third-order valence-corrected chi connectivity index (χ3v) is 22.8. The zero-order valence-corrected chi connectivity index (χ0v) is 71.0. The van der Waals surface area contributed by atoms with Crippen molar-refractivity contribution in [1.29, 1.82) is 0 Å². The first-order valence-electron chi connectivity index (χ1n) is 44.4. The number of aliphatic hydroxyl groups is 1. The number of carbonyl (C=O) groups is 4. The van der Waals surface area contributed by atoms with Gasteiger partial charge in [0, 0.05) is 25.7 Å². The first-order chi connectivity index (χ1) is 50.8. The van der Waals surface area contributed by atoms with E-state index < -0.39 is 97.5 Å². The third kappa shape index (κ3) is 77.2. The van der Waals surface area contributed by atoms with E-state index in [-0.39, 0.29) is 25.7 Å². The molecule has 0 aliphatic carbocycles. The van der Waals surface area contributed by atoms with Crippen molar-refractivity contribution in [2.45, 2.75) is 471 Å². The molecule has 0 saturated carbocycles. The van der Waals surface area contributed by atoms with Gasteiger partial charge < -0.3 is 33.8 Å². The molecule has 7 atom stereocenters. The lowest BCUT2D eigenvalue weighted by molar-refractivity contribution is -0.161. The van der Waals surface area contributed by atoms with E-state index in [1.165, 1.54) is 263 Å². The fourth-order valence-corrected chi connectivity index (χ4v) is 14.9. The van der Waals surface area contributed by atoms with Gasteiger partial charge in [-0.05, 0) is 43.4 Å². The fraction of sp³-hybridized carbons (Fsp3) is 0.953. The van der Waals surface area contributed by atoms with Crippen molar-refractivity contribution in [2.75, 3.05) is 39.6 Å². The van der Waals surface area contributed by atoms with Crippen molar-refractivity contribution in [3.8, 4) is 0 Å². The van der Waals surface area contributed by atoms with Crippen LogP contribution in [-0.4, -0.2) is 96.7 Å². The van der Waals surface area contributed by atoms with E-state index in [4.69, 9.17) is 37.0 Å². The molecule has 0 aromatic rings. The van der Waals surface area contributed by atoms with E-state index in [2.05, 4.69) is 48.5 Å². The lowest BCUT2D eigenvalue weighted by Gasteiger charge is -2.21. The monoisotopic (exact) mass is 1540 g/mol. The maximum atomic E-state index is 13.1. The molecule has 0 radical (unpaired) electrons. The zero-order chi connectivity index (χ0) is 77.2. The van der Waals surface area contributed by atoms with Crippen molar-refractivity contribution >= 4 is 39.5 Å². The van der Waals surface area contributed by atoms with Gasteiger partial charge in [0.1, 0.15) is 19.3 Å². The Kier molecular flexibility index (Phi) is 74.7. The van der Waals surface area contributed by atoms with E-state index in [1.54, 1.807) is 0 Å². The first kappa shape index (κ1) is 103. The molecule has 3 N–H and O–H groups in total. The van der Waals surface area contributed by atoms with E-state index in [1.807, 2.05) is 0 Å². The molecule has 19 heteroatoms. The van der Waals surface area contributed by atoms with Gasteiger partial charge in [0.05, 0.1) is 26.4 Å². The average molecular weight is 1540 g/mol. The largest absolute Gasteiger partial charge is 0.472 e. The summed E-state index contributed by atoms with van der Waals surface area (Å²) in [5.74, 6) is 0.337. The van der Waals surface area contributed by atoms with Gasteiger partial charge in [-0.25, -0.2) is 9.13 Å². The molecule has 0 fully saturated rings. The summed E-state index contributed by atoms with van der Waals surface area (Å²) in [6, 6.07) is 0. The highest BCUT2D eigenvalue weighted by molar-refractivity contribution is 7.47. The summed E-state index contributed by atoms with van der Waals surface area (Å²) < 4.78 is 68.9. The highest BCUT2D eigenvalue weighted by Crippen LogP contribution is 2.45. The molecule has 0 saturated heterocycles. The minimum absolute atomic E-state index is 0.108.